The van der Waals surface area contributed by atoms with E-state index in [0.717, 1.165) is 21.5 Å². The molecule has 0 atom stereocenters. The summed E-state index contributed by atoms with van der Waals surface area (Å²) in [7, 11) is 0. The molecule has 0 unspecified atom stereocenters. The molecule has 0 heterocycles. The standard InChI is InChI=1S/2C10H10N2/c2*11-9-5-7-3-1-2-4-8(7)6-10(9)12/h2*1-6H,11-12H2. The highest BCUT2D eigenvalue weighted by Crippen LogP contribution is 2.23. The van der Waals surface area contributed by atoms with E-state index in [2.05, 4.69) is 0 Å². The van der Waals surface area contributed by atoms with Crippen LogP contribution in [0.5, 0.6) is 0 Å². The SMILES string of the molecule is Nc1cc2ccccc2cc1N.Nc1cc2ccccc2cc1N. The van der Waals surface area contributed by atoms with Crippen LogP contribution in [0, 0.1) is 0 Å². The predicted molar refractivity (Wildman–Crippen MR) is 106 cm³/mol. The van der Waals surface area contributed by atoms with Gasteiger partial charge in [0, 0.05) is 0 Å². The van der Waals surface area contributed by atoms with Gasteiger partial charge in [0.05, 0.1) is 22.7 Å². The lowest BCUT2D eigenvalue weighted by Gasteiger charge is -2.02. The van der Waals surface area contributed by atoms with Crippen molar-refractivity contribution < 1.29 is 0 Å². The largest absolute Gasteiger partial charge is 0.397 e. The molecule has 0 saturated carbocycles. The van der Waals surface area contributed by atoms with E-state index < -0.39 is 0 Å². The molecule has 120 valence electrons. The lowest BCUT2D eigenvalue weighted by molar-refractivity contribution is 1.70. The summed E-state index contributed by atoms with van der Waals surface area (Å²) in [6.45, 7) is 0. The van der Waals surface area contributed by atoms with Gasteiger partial charge < -0.3 is 22.9 Å². The molecule has 0 amide bonds. The van der Waals surface area contributed by atoms with Crippen molar-refractivity contribution in [3.8, 4) is 0 Å². The molecule has 4 aromatic rings. The van der Waals surface area contributed by atoms with E-state index in [0.29, 0.717) is 22.7 Å². The first-order valence-corrected chi connectivity index (χ1v) is 7.62. The number of nitrogens with two attached hydrogens (primary N) is 4. The van der Waals surface area contributed by atoms with E-state index in [1.807, 2.05) is 72.8 Å². The van der Waals surface area contributed by atoms with Crippen molar-refractivity contribution in [2.75, 3.05) is 22.9 Å². The van der Waals surface area contributed by atoms with Gasteiger partial charge in [0.25, 0.3) is 0 Å². The number of fused-ring (bicyclic) bond motifs is 2. The number of hydrogen-bond acceptors (Lipinski definition) is 4. The van der Waals surface area contributed by atoms with Crippen LogP contribution >= 0.6 is 0 Å². The molecule has 0 radical (unpaired) electrons. The first kappa shape index (κ1) is 15.5. The number of benzene rings is 4. The van der Waals surface area contributed by atoms with E-state index >= 15 is 0 Å². The summed E-state index contributed by atoms with van der Waals surface area (Å²) in [4.78, 5) is 0. The maximum atomic E-state index is 5.66. The van der Waals surface area contributed by atoms with E-state index in [4.69, 9.17) is 22.9 Å². The van der Waals surface area contributed by atoms with Gasteiger partial charge in [-0.15, -0.1) is 0 Å². The lowest BCUT2D eigenvalue weighted by Crippen LogP contribution is -1.93. The van der Waals surface area contributed by atoms with Gasteiger partial charge in [0.1, 0.15) is 0 Å². The molecule has 4 rings (SSSR count). The maximum Gasteiger partial charge on any atom is 0.0554 e. The van der Waals surface area contributed by atoms with Crippen LogP contribution in [-0.4, -0.2) is 0 Å². The van der Waals surface area contributed by atoms with Gasteiger partial charge in [-0.25, -0.2) is 0 Å². The van der Waals surface area contributed by atoms with Crippen molar-refractivity contribution in [3.05, 3.63) is 72.8 Å². The number of rotatable bonds is 0. The third kappa shape index (κ3) is 3.17. The van der Waals surface area contributed by atoms with Crippen molar-refractivity contribution in [1.82, 2.24) is 0 Å². The van der Waals surface area contributed by atoms with Crippen LogP contribution in [0.1, 0.15) is 0 Å². The molecule has 8 N–H and O–H groups in total. The van der Waals surface area contributed by atoms with Crippen LogP contribution in [0.2, 0.25) is 0 Å². The van der Waals surface area contributed by atoms with Crippen LogP contribution in [0.25, 0.3) is 21.5 Å². The molecule has 4 aromatic carbocycles. The van der Waals surface area contributed by atoms with Crippen LogP contribution < -0.4 is 22.9 Å². The lowest BCUT2D eigenvalue weighted by atomic mass is 10.1. The van der Waals surface area contributed by atoms with Gasteiger partial charge in [-0.1, -0.05) is 48.5 Å². The average Bonchev–Trinajstić information content (AvgIpc) is 2.57. The Bertz CT molecular complexity index is 844. The fraction of sp³-hybridized carbons (Fsp3) is 0. The van der Waals surface area contributed by atoms with Crippen molar-refractivity contribution in [3.63, 3.8) is 0 Å². The Labute approximate surface area is 140 Å². The minimum Gasteiger partial charge on any atom is -0.397 e. The Morgan fingerprint density at radius 1 is 0.375 bits per heavy atom. The van der Waals surface area contributed by atoms with Gasteiger partial charge in [0.2, 0.25) is 0 Å². The van der Waals surface area contributed by atoms with Crippen LogP contribution in [0.4, 0.5) is 22.7 Å². The molecule has 0 spiro atoms. The van der Waals surface area contributed by atoms with Crippen molar-refractivity contribution in [1.29, 1.82) is 0 Å². The Morgan fingerprint density at radius 2 is 0.583 bits per heavy atom. The summed E-state index contributed by atoms with van der Waals surface area (Å²) in [5.41, 5.74) is 25.2. The quantitative estimate of drug-likeness (QED) is 0.368. The third-order valence-corrected chi connectivity index (χ3v) is 3.90. The average molecular weight is 316 g/mol. The molecule has 0 aliphatic rings. The molecule has 4 nitrogen and oxygen atoms in total. The van der Waals surface area contributed by atoms with Crippen molar-refractivity contribution >= 4 is 44.3 Å². The van der Waals surface area contributed by atoms with Crippen LogP contribution in [-0.2, 0) is 0 Å². The van der Waals surface area contributed by atoms with Gasteiger partial charge in [-0.3, -0.25) is 0 Å². The Hall–Kier alpha value is -3.40. The first-order chi connectivity index (χ1) is 11.5. The van der Waals surface area contributed by atoms with Crippen LogP contribution in [0.3, 0.4) is 0 Å². The number of anilines is 4. The highest BCUT2D eigenvalue weighted by atomic mass is 14.7. The van der Waals surface area contributed by atoms with Crippen molar-refractivity contribution in [2.45, 2.75) is 0 Å². The maximum absolute atomic E-state index is 5.66. The second-order valence-corrected chi connectivity index (χ2v) is 5.66. The number of hydrogen-bond donors (Lipinski definition) is 4. The minimum atomic E-state index is 0.647. The Kier molecular flexibility index (Phi) is 4.12. The molecule has 4 heteroatoms. The Morgan fingerprint density at radius 3 is 0.792 bits per heavy atom. The molecule has 0 saturated heterocycles. The highest BCUT2D eigenvalue weighted by molar-refractivity contribution is 5.91. The summed E-state index contributed by atoms with van der Waals surface area (Å²) in [5, 5.41) is 4.52. The topological polar surface area (TPSA) is 104 Å². The molecule has 0 aliphatic heterocycles. The van der Waals surface area contributed by atoms with E-state index in [-0.39, 0.29) is 0 Å². The van der Waals surface area contributed by atoms with Crippen LogP contribution in [0.15, 0.2) is 72.8 Å². The van der Waals surface area contributed by atoms with Gasteiger partial charge in [-0.05, 0) is 45.8 Å². The smallest absolute Gasteiger partial charge is 0.0554 e. The first-order valence-electron chi connectivity index (χ1n) is 7.62. The van der Waals surface area contributed by atoms with E-state index in [1.54, 1.807) is 0 Å². The molecule has 0 bridgehead atoms. The zero-order chi connectivity index (χ0) is 17.1. The minimum absolute atomic E-state index is 0.647. The van der Waals surface area contributed by atoms with Crippen molar-refractivity contribution in [2.24, 2.45) is 0 Å². The van der Waals surface area contributed by atoms with Gasteiger partial charge >= 0.3 is 0 Å². The predicted octanol–water partition coefficient (Wildman–Crippen LogP) is 4.01. The van der Waals surface area contributed by atoms with E-state index in [9.17, 15) is 0 Å². The van der Waals surface area contributed by atoms with Gasteiger partial charge in [-0.2, -0.15) is 0 Å². The third-order valence-electron chi connectivity index (χ3n) is 3.90. The zero-order valence-corrected chi connectivity index (χ0v) is 13.2. The summed E-state index contributed by atoms with van der Waals surface area (Å²) in [6, 6.07) is 23.6. The summed E-state index contributed by atoms with van der Waals surface area (Å²) < 4.78 is 0. The Balaban J connectivity index is 0.000000141. The van der Waals surface area contributed by atoms with E-state index in [1.165, 1.54) is 0 Å². The zero-order valence-electron chi connectivity index (χ0n) is 13.2. The molecule has 0 aromatic heterocycles. The van der Waals surface area contributed by atoms with Gasteiger partial charge in [0.15, 0.2) is 0 Å². The fourth-order valence-corrected chi connectivity index (χ4v) is 2.55. The molecular weight excluding hydrogens is 296 g/mol. The molecule has 24 heavy (non-hydrogen) atoms. The monoisotopic (exact) mass is 316 g/mol. The molecular formula is C20H20N4. The normalized spacial score (nSPS) is 10.3. The molecule has 0 fully saturated rings. The second-order valence-electron chi connectivity index (χ2n) is 5.66. The summed E-state index contributed by atoms with van der Waals surface area (Å²) in [5.74, 6) is 0. The summed E-state index contributed by atoms with van der Waals surface area (Å²) >= 11 is 0. The summed E-state index contributed by atoms with van der Waals surface area (Å²) in [6.07, 6.45) is 0. The fourth-order valence-electron chi connectivity index (χ4n) is 2.55. The second kappa shape index (κ2) is 6.38. The molecule has 0 aliphatic carbocycles. The highest BCUT2D eigenvalue weighted by Gasteiger charge is 1.97. The number of nitrogen functional groups attached to an aromatic ring is 4.